The topological polar surface area (TPSA) is 55.4 Å². The van der Waals surface area contributed by atoms with Crippen LogP contribution in [0.25, 0.3) is 0 Å². The number of benzene rings is 2. The maximum Gasteiger partial charge on any atom is 0.330 e. The van der Waals surface area contributed by atoms with Gasteiger partial charge in [-0.05, 0) is 49.4 Å². The number of halogens is 1. The molecule has 0 atom stereocenters. The van der Waals surface area contributed by atoms with Crippen molar-refractivity contribution in [1.29, 1.82) is 0 Å². The molecule has 25 heavy (non-hydrogen) atoms. The standard InChI is InChI=1S/C19H18ClNO3S/c1-2-24-18(22)7-4-12-25-17-10-8-16(9-11-17)21-19(23)14-5-3-6-15(20)13-14/h3-11,13H,2,12H2,1H3,(H,21,23)/b7-4+. The molecule has 0 aromatic heterocycles. The number of ether oxygens (including phenoxy) is 1. The predicted molar refractivity (Wildman–Crippen MR) is 102 cm³/mol. The van der Waals surface area contributed by atoms with Crippen LogP contribution in [0.1, 0.15) is 17.3 Å². The number of nitrogens with one attached hydrogen (secondary N) is 1. The third-order valence-corrected chi connectivity index (χ3v) is 4.29. The predicted octanol–water partition coefficient (Wildman–Crippen LogP) is 4.80. The lowest BCUT2D eigenvalue weighted by molar-refractivity contribution is -0.137. The fourth-order valence-corrected chi connectivity index (χ4v) is 2.85. The van der Waals surface area contributed by atoms with Crippen molar-refractivity contribution in [3.8, 4) is 0 Å². The number of anilines is 1. The minimum absolute atomic E-state index is 0.208. The molecule has 0 aliphatic heterocycles. The molecule has 1 amide bonds. The molecule has 2 rings (SSSR count). The largest absolute Gasteiger partial charge is 0.463 e. The molecule has 0 spiro atoms. The average Bonchev–Trinajstić information content (AvgIpc) is 2.60. The van der Waals surface area contributed by atoms with Gasteiger partial charge in [0.15, 0.2) is 0 Å². The maximum atomic E-state index is 12.2. The fourth-order valence-electron chi connectivity index (χ4n) is 1.95. The normalized spacial score (nSPS) is 10.6. The molecule has 4 nitrogen and oxygen atoms in total. The molecule has 0 aliphatic rings. The van der Waals surface area contributed by atoms with Crippen molar-refractivity contribution >= 4 is 40.9 Å². The monoisotopic (exact) mass is 375 g/mol. The second-order valence-electron chi connectivity index (χ2n) is 4.95. The summed E-state index contributed by atoms with van der Waals surface area (Å²) >= 11 is 7.47. The summed E-state index contributed by atoms with van der Waals surface area (Å²) in [6.45, 7) is 2.14. The van der Waals surface area contributed by atoms with Crippen LogP contribution in [0.15, 0.2) is 65.6 Å². The summed E-state index contributed by atoms with van der Waals surface area (Å²) in [5.41, 5.74) is 1.21. The van der Waals surface area contributed by atoms with Gasteiger partial charge in [0.1, 0.15) is 0 Å². The molecule has 6 heteroatoms. The van der Waals surface area contributed by atoms with E-state index < -0.39 is 0 Å². The van der Waals surface area contributed by atoms with Crippen LogP contribution in [0.3, 0.4) is 0 Å². The molecule has 0 aliphatic carbocycles. The summed E-state index contributed by atoms with van der Waals surface area (Å²) in [6.07, 6.45) is 3.19. The van der Waals surface area contributed by atoms with Crippen molar-refractivity contribution in [3.63, 3.8) is 0 Å². The van der Waals surface area contributed by atoms with Gasteiger partial charge in [-0.3, -0.25) is 4.79 Å². The van der Waals surface area contributed by atoms with E-state index >= 15 is 0 Å². The molecule has 2 aromatic rings. The van der Waals surface area contributed by atoms with Crippen molar-refractivity contribution in [2.75, 3.05) is 17.7 Å². The minimum Gasteiger partial charge on any atom is -0.463 e. The van der Waals surface area contributed by atoms with E-state index in [0.29, 0.717) is 28.6 Å². The Labute approximate surface area is 156 Å². The highest BCUT2D eigenvalue weighted by atomic mass is 35.5. The van der Waals surface area contributed by atoms with E-state index in [1.54, 1.807) is 49.0 Å². The second-order valence-corrected chi connectivity index (χ2v) is 6.48. The average molecular weight is 376 g/mol. The molecule has 0 bridgehead atoms. The van der Waals surface area contributed by atoms with Crippen molar-refractivity contribution < 1.29 is 14.3 Å². The van der Waals surface area contributed by atoms with Gasteiger partial charge in [0, 0.05) is 33.0 Å². The van der Waals surface area contributed by atoms with Crippen molar-refractivity contribution in [2.45, 2.75) is 11.8 Å². The molecule has 1 N–H and O–H groups in total. The van der Waals surface area contributed by atoms with Gasteiger partial charge in [-0.1, -0.05) is 23.7 Å². The quantitative estimate of drug-likeness (QED) is 0.429. The van der Waals surface area contributed by atoms with Gasteiger partial charge in [-0.25, -0.2) is 4.79 Å². The van der Waals surface area contributed by atoms with Crippen molar-refractivity contribution in [3.05, 3.63) is 71.3 Å². The van der Waals surface area contributed by atoms with E-state index in [9.17, 15) is 9.59 Å². The maximum absolute atomic E-state index is 12.2. The van der Waals surface area contributed by atoms with Gasteiger partial charge in [-0.2, -0.15) is 0 Å². The fraction of sp³-hybridized carbons (Fsp3) is 0.158. The summed E-state index contributed by atoms with van der Waals surface area (Å²) in [7, 11) is 0. The summed E-state index contributed by atoms with van der Waals surface area (Å²) in [6, 6.07) is 14.3. The van der Waals surface area contributed by atoms with E-state index in [-0.39, 0.29) is 11.9 Å². The number of amides is 1. The summed E-state index contributed by atoms with van der Waals surface area (Å²) < 4.78 is 4.81. The lowest BCUT2D eigenvalue weighted by Crippen LogP contribution is -2.11. The van der Waals surface area contributed by atoms with E-state index in [4.69, 9.17) is 16.3 Å². The molecular formula is C19H18ClNO3S. The highest BCUT2D eigenvalue weighted by Gasteiger charge is 2.06. The molecule has 0 radical (unpaired) electrons. The molecule has 0 heterocycles. The Hall–Kier alpha value is -2.24. The Morgan fingerprint density at radius 3 is 2.64 bits per heavy atom. The Kier molecular flexibility index (Phi) is 7.57. The third-order valence-electron chi connectivity index (χ3n) is 3.09. The number of hydrogen-bond acceptors (Lipinski definition) is 4. The van der Waals surface area contributed by atoms with Crippen molar-refractivity contribution in [1.82, 2.24) is 0 Å². The SMILES string of the molecule is CCOC(=O)/C=C/CSc1ccc(NC(=O)c2cccc(Cl)c2)cc1. The van der Waals surface area contributed by atoms with Gasteiger partial charge in [0.2, 0.25) is 0 Å². The van der Waals surface area contributed by atoms with Crippen LogP contribution in [-0.4, -0.2) is 24.2 Å². The number of thioether (sulfide) groups is 1. The van der Waals surface area contributed by atoms with E-state index in [0.717, 1.165) is 4.90 Å². The number of rotatable bonds is 7. The Balaban J connectivity index is 1.85. The van der Waals surface area contributed by atoms with Gasteiger partial charge in [0.05, 0.1) is 6.61 Å². The zero-order chi connectivity index (χ0) is 18.1. The van der Waals surface area contributed by atoms with Gasteiger partial charge >= 0.3 is 5.97 Å². The highest BCUT2D eigenvalue weighted by molar-refractivity contribution is 7.99. The van der Waals surface area contributed by atoms with Crippen LogP contribution in [0, 0.1) is 0 Å². The lowest BCUT2D eigenvalue weighted by atomic mass is 10.2. The third kappa shape index (κ3) is 6.64. The van der Waals surface area contributed by atoms with E-state index in [2.05, 4.69) is 5.32 Å². The smallest absolute Gasteiger partial charge is 0.330 e. The van der Waals surface area contributed by atoms with Crippen LogP contribution in [-0.2, 0) is 9.53 Å². The molecule has 0 saturated carbocycles. The Morgan fingerprint density at radius 1 is 1.20 bits per heavy atom. The van der Waals surface area contributed by atoms with Crippen LogP contribution >= 0.6 is 23.4 Å². The summed E-state index contributed by atoms with van der Waals surface area (Å²) in [4.78, 5) is 24.4. The van der Waals surface area contributed by atoms with Crippen LogP contribution in [0.2, 0.25) is 5.02 Å². The zero-order valence-electron chi connectivity index (χ0n) is 13.7. The Morgan fingerprint density at radius 2 is 1.96 bits per heavy atom. The first-order valence-corrected chi connectivity index (χ1v) is 9.08. The molecule has 0 unspecified atom stereocenters. The highest BCUT2D eigenvalue weighted by Crippen LogP contribution is 2.21. The molecule has 0 fully saturated rings. The summed E-state index contributed by atoms with van der Waals surface area (Å²) in [5, 5.41) is 3.35. The number of hydrogen-bond donors (Lipinski definition) is 1. The van der Waals surface area contributed by atoms with Crippen LogP contribution < -0.4 is 5.32 Å². The number of esters is 1. The first-order valence-electron chi connectivity index (χ1n) is 7.71. The lowest BCUT2D eigenvalue weighted by Gasteiger charge is -2.06. The number of carbonyl (C=O) groups is 2. The van der Waals surface area contributed by atoms with Crippen LogP contribution in [0.5, 0.6) is 0 Å². The zero-order valence-corrected chi connectivity index (χ0v) is 15.3. The Bertz CT molecular complexity index is 760. The first kappa shape index (κ1) is 19.1. The molecular weight excluding hydrogens is 358 g/mol. The molecule has 0 saturated heterocycles. The first-order chi connectivity index (χ1) is 12.1. The van der Waals surface area contributed by atoms with Gasteiger partial charge in [-0.15, -0.1) is 11.8 Å². The minimum atomic E-state index is -0.331. The molecule has 130 valence electrons. The number of carbonyl (C=O) groups excluding carboxylic acids is 2. The second kappa shape index (κ2) is 9.91. The van der Waals surface area contributed by atoms with E-state index in [1.807, 2.05) is 24.3 Å². The van der Waals surface area contributed by atoms with Gasteiger partial charge < -0.3 is 10.1 Å². The van der Waals surface area contributed by atoms with Crippen molar-refractivity contribution in [2.24, 2.45) is 0 Å². The van der Waals surface area contributed by atoms with Gasteiger partial charge in [0.25, 0.3) is 5.91 Å². The molecule has 2 aromatic carbocycles. The van der Waals surface area contributed by atoms with Crippen LogP contribution in [0.4, 0.5) is 5.69 Å². The summed E-state index contributed by atoms with van der Waals surface area (Å²) in [5.74, 6) is 0.120. The van der Waals surface area contributed by atoms with E-state index in [1.165, 1.54) is 6.08 Å².